The molecule has 1 unspecified atom stereocenters. The Morgan fingerprint density at radius 1 is 1.50 bits per heavy atom. The first-order chi connectivity index (χ1) is 7.47. The van der Waals surface area contributed by atoms with E-state index >= 15 is 0 Å². The van der Waals surface area contributed by atoms with Crippen molar-refractivity contribution in [2.45, 2.75) is 38.8 Å². The van der Waals surface area contributed by atoms with Gasteiger partial charge in [0, 0.05) is 11.8 Å². The second-order valence-corrected chi connectivity index (χ2v) is 4.75. The maximum absolute atomic E-state index is 11.4. The van der Waals surface area contributed by atoms with Gasteiger partial charge in [0.25, 0.3) is 0 Å². The van der Waals surface area contributed by atoms with Crippen LogP contribution in [0.2, 0.25) is 0 Å². The molecule has 0 fully saturated rings. The van der Waals surface area contributed by atoms with Crippen molar-refractivity contribution in [3.05, 3.63) is 0 Å². The van der Waals surface area contributed by atoms with Crippen molar-refractivity contribution in [3.8, 4) is 0 Å². The summed E-state index contributed by atoms with van der Waals surface area (Å²) in [6.07, 6.45) is 1.98. The minimum absolute atomic E-state index is 0.0662. The van der Waals surface area contributed by atoms with Crippen LogP contribution < -0.4 is 11.1 Å². The van der Waals surface area contributed by atoms with Crippen molar-refractivity contribution >= 4 is 23.6 Å². The van der Waals surface area contributed by atoms with Crippen LogP contribution in [0.5, 0.6) is 0 Å². The van der Waals surface area contributed by atoms with Crippen LogP contribution in [0.1, 0.15) is 26.7 Å². The average molecular weight is 248 g/mol. The quantitative estimate of drug-likeness (QED) is 0.579. The molecule has 0 heterocycles. The summed E-state index contributed by atoms with van der Waals surface area (Å²) in [7, 11) is 0. The van der Waals surface area contributed by atoms with Crippen molar-refractivity contribution in [2.75, 3.05) is 11.5 Å². The number of carboxylic acids is 1. The molecule has 6 heteroatoms. The summed E-state index contributed by atoms with van der Waals surface area (Å²) >= 11 is 1.24. The molecule has 0 aliphatic carbocycles. The third-order valence-electron chi connectivity index (χ3n) is 1.98. The van der Waals surface area contributed by atoms with Crippen molar-refractivity contribution in [3.63, 3.8) is 0 Å². The first kappa shape index (κ1) is 15.2. The Balaban J connectivity index is 3.62. The molecule has 0 aromatic rings. The molecule has 0 radical (unpaired) electrons. The largest absolute Gasteiger partial charge is 0.480 e. The lowest BCUT2D eigenvalue weighted by Gasteiger charge is -2.12. The second-order valence-electron chi connectivity index (χ2n) is 3.72. The van der Waals surface area contributed by atoms with E-state index in [0.717, 1.165) is 12.8 Å². The molecule has 1 amide bonds. The van der Waals surface area contributed by atoms with E-state index in [1.54, 1.807) is 0 Å². The topological polar surface area (TPSA) is 92.4 Å². The molecular weight excluding hydrogens is 228 g/mol. The molecule has 0 aromatic carbocycles. The number of hydrogen-bond donors (Lipinski definition) is 3. The molecule has 4 N–H and O–H groups in total. The molecule has 0 saturated heterocycles. The highest BCUT2D eigenvalue weighted by molar-refractivity contribution is 8.00. The molecule has 0 saturated carbocycles. The highest BCUT2D eigenvalue weighted by Gasteiger charge is 2.12. The van der Waals surface area contributed by atoms with E-state index in [2.05, 4.69) is 12.2 Å². The maximum atomic E-state index is 11.4. The SMILES string of the molecule is CCCC(C)NC(=O)CSC[C@@H](N)C(=O)O. The van der Waals surface area contributed by atoms with Crippen LogP contribution in [0.15, 0.2) is 0 Å². The Morgan fingerprint density at radius 2 is 2.12 bits per heavy atom. The molecule has 0 spiro atoms. The number of nitrogens with one attached hydrogen (secondary N) is 1. The number of carbonyl (C=O) groups is 2. The molecule has 0 rings (SSSR count). The maximum Gasteiger partial charge on any atom is 0.321 e. The second kappa shape index (κ2) is 8.41. The fourth-order valence-corrected chi connectivity index (χ4v) is 1.95. The standard InChI is InChI=1S/C10H20N2O3S/c1-3-4-7(2)12-9(13)6-16-5-8(11)10(14)15/h7-8H,3-6,11H2,1-2H3,(H,12,13)(H,14,15)/t7?,8-/m1/s1. The van der Waals surface area contributed by atoms with Gasteiger partial charge in [-0.25, -0.2) is 0 Å². The number of carboxylic acid groups (broad SMARTS) is 1. The summed E-state index contributed by atoms with van der Waals surface area (Å²) in [5.41, 5.74) is 5.30. The molecule has 0 bridgehead atoms. The third-order valence-corrected chi connectivity index (χ3v) is 3.04. The zero-order valence-corrected chi connectivity index (χ0v) is 10.5. The van der Waals surface area contributed by atoms with Crippen LogP contribution in [0.25, 0.3) is 0 Å². The van der Waals surface area contributed by atoms with E-state index < -0.39 is 12.0 Å². The minimum atomic E-state index is -1.03. The lowest BCUT2D eigenvalue weighted by atomic mass is 10.2. The smallest absolute Gasteiger partial charge is 0.321 e. The van der Waals surface area contributed by atoms with Gasteiger partial charge >= 0.3 is 5.97 Å². The predicted molar refractivity (Wildman–Crippen MR) is 65.4 cm³/mol. The Hall–Kier alpha value is -0.750. The molecule has 0 aliphatic heterocycles. The van der Waals surface area contributed by atoms with Crippen LogP contribution >= 0.6 is 11.8 Å². The van der Waals surface area contributed by atoms with Crippen molar-refractivity contribution in [2.24, 2.45) is 5.73 Å². The van der Waals surface area contributed by atoms with Gasteiger partial charge in [-0.15, -0.1) is 11.8 Å². The van der Waals surface area contributed by atoms with Gasteiger partial charge in [-0.05, 0) is 13.3 Å². The number of carbonyl (C=O) groups excluding carboxylic acids is 1. The van der Waals surface area contributed by atoms with Gasteiger partial charge in [-0.3, -0.25) is 9.59 Å². The summed E-state index contributed by atoms with van der Waals surface area (Å²) in [6.45, 7) is 4.01. The molecule has 5 nitrogen and oxygen atoms in total. The first-order valence-electron chi connectivity index (χ1n) is 5.32. The van der Waals surface area contributed by atoms with Crippen LogP contribution in [0, 0.1) is 0 Å². The minimum Gasteiger partial charge on any atom is -0.480 e. The van der Waals surface area contributed by atoms with Gasteiger partial charge in [-0.2, -0.15) is 0 Å². The summed E-state index contributed by atoms with van der Waals surface area (Å²) in [6, 6.07) is -0.725. The predicted octanol–water partition coefficient (Wildman–Crippen LogP) is 0.436. The number of thioether (sulfide) groups is 1. The van der Waals surface area contributed by atoms with Crippen molar-refractivity contribution in [1.29, 1.82) is 0 Å². The van der Waals surface area contributed by atoms with Crippen LogP contribution in [-0.2, 0) is 9.59 Å². The van der Waals surface area contributed by atoms with Crippen molar-refractivity contribution < 1.29 is 14.7 Å². The van der Waals surface area contributed by atoms with Crippen LogP contribution in [-0.4, -0.2) is 40.6 Å². The third kappa shape index (κ3) is 7.53. The van der Waals surface area contributed by atoms with Gasteiger partial charge in [0.1, 0.15) is 6.04 Å². The van der Waals surface area contributed by atoms with E-state index in [4.69, 9.17) is 10.8 Å². The summed E-state index contributed by atoms with van der Waals surface area (Å²) in [5, 5.41) is 11.4. The van der Waals surface area contributed by atoms with Crippen molar-refractivity contribution in [1.82, 2.24) is 5.32 Å². The van der Waals surface area contributed by atoms with E-state index in [9.17, 15) is 9.59 Å². The Morgan fingerprint density at radius 3 is 2.62 bits per heavy atom. The summed E-state index contributed by atoms with van der Waals surface area (Å²) in [4.78, 5) is 21.8. The van der Waals surface area contributed by atoms with E-state index in [1.165, 1.54) is 11.8 Å². The average Bonchev–Trinajstić information content (AvgIpc) is 2.17. The summed E-state index contributed by atoms with van der Waals surface area (Å²) in [5.74, 6) is -0.587. The number of aliphatic carboxylic acids is 1. The number of amides is 1. The first-order valence-corrected chi connectivity index (χ1v) is 6.48. The zero-order chi connectivity index (χ0) is 12.6. The zero-order valence-electron chi connectivity index (χ0n) is 9.73. The summed E-state index contributed by atoms with van der Waals surface area (Å²) < 4.78 is 0. The molecule has 16 heavy (non-hydrogen) atoms. The monoisotopic (exact) mass is 248 g/mol. The molecule has 94 valence electrons. The molecule has 0 aliphatic rings. The number of nitrogens with two attached hydrogens (primary N) is 1. The van der Waals surface area contributed by atoms with Gasteiger partial charge in [0.2, 0.25) is 5.91 Å². The Bertz CT molecular complexity index is 236. The van der Waals surface area contributed by atoms with Gasteiger partial charge in [-0.1, -0.05) is 13.3 Å². The highest BCUT2D eigenvalue weighted by atomic mass is 32.2. The molecule has 2 atom stereocenters. The van der Waals surface area contributed by atoms with E-state index in [-0.39, 0.29) is 23.5 Å². The fraction of sp³-hybridized carbons (Fsp3) is 0.800. The molecular formula is C10H20N2O3S. The lowest BCUT2D eigenvalue weighted by molar-refractivity contribution is -0.138. The highest BCUT2D eigenvalue weighted by Crippen LogP contribution is 2.02. The number of rotatable bonds is 8. The normalized spacial score (nSPS) is 14.2. The lowest BCUT2D eigenvalue weighted by Crippen LogP contribution is -2.35. The van der Waals surface area contributed by atoms with Crippen LogP contribution in [0.4, 0.5) is 0 Å². The molecule has 0 aromatic heterocycles. The van der Waals surface area contributed by atoms with E-state index in [1.807, 2.05) is 6.92 Å². The van der Waals surface area contributed by atoms with Gasteiger partial charge in [0.05, 0.1) is 5.75 Å². The Labute approximate surface area is 100 Å². The fourth-order valence-electron chi connectivity index (χ4n) is 1.17. The van der Waals surface area contributed by atoms with E-state index in [0.29, 0.717) is 0 Å². The number of hydrogen-bond acceptors (Lipinski definition) is 4. The Kier molecular flexibility index (Phi) is 8.01. The van der Waals surface area contributed by atoms with Gasteiger partial charge in [0.15, 0.2) is 0 Å². The van der Waals surface area contributed by atoms with Gasteiger partial charge < -0.3 is 16.2 Å². The van der Waals surface area contributed by atoms with Crippen LogP contribution in [0.3, 0.4) is 0 Å².